The lowest BCUT2D eigenvalue weighted by Crippen LogP contribution is -2.44. The van der Waals surface area contributed by atoms with E-state index in [1.807, 2.05) is 24.3 Å². The summed E-state index contributed by atoms with van der Waals surface area (Å²) in [5.74, 6) is -0.473. The quantitative estimate of drug-likeness (QED) is 0.209. The van der Waals surface area contributed by atoms with Crippen molar-refractivity contribution in [1.29, 1.82) is 0 Å². The SMILES string of the molecule is COC(OO)(C1=CCCCCC1)c1cccc(O[Si](C)(C)C(C)(C)C)c1. The molecule has 26 heavy (non-hydrogen) atoms. The van der Waals surface area contributed by atoms with Crippen LogP contribution in [0.5, 0.6) is 5.75 Å². The second kappa shape index (κ2) is 8.25. The zero-order valence-corrected chi connectivity index (χ0v) is 18.1. The highest BCUT2D eigenvalue weighted by molar-refractivity contribution is 6.74. The summed E-state index contributed by atoms with van der Waals surface area (Å²) in [6.45, 7) is 11.1. The fourth-order valence-electron chi connectivity index (χ4n) is 3.11. The molecule has 0 aromatic heterocycles. The molecule has 0 spiro atoms. The highest BCUT2D eigenvalue weighted by Gasteiger charge is 2.41. The van der Waals surface area contributed by atoms with E-state index in [2.05, 4.69) is 39.9 Å². The maximum atomic E-state index is 9.83. The van der Waals surface area contributed by atoms with E-state index in [0.29, 0.717) is 0 Å². The second-order valence-electron chi connectivity index (χ2n) is 8.63. The van der Waals surface area contributed by atoms with Crippen LogP contribution in [0.2, 0.25) is 18.1 Å². The van der Waals surface area contributed by atoms with Gasteiger partial charge in [-0.1, -0.05) is 45.4 Å². The molecule has 4 nitrogen and oxygen atoms in total. The summed E-state index contributed by atoms with van der Waals surface area (Å²) in [6, 6.07) is 7.75. The molecule has 146 valence electrons. The Morgan fingerprint density at radius 1 is 1.08 bits per heavy atom. The Morgan fingerprint density at radius 3 is 2.42 bits per heavy atom. The summed E-state index contributed by atoms with van der Waals surface area (Å²) in [5.41, 5.74) is 1.73. The number of rotatable bonds is 6. The summed E-state index contributed by atoms with van der Waals surface area (Å²) >= 11 is 0. The average Bonchev–Trinajstić information content (AvgIpc) is 2.85. The van der Waals surface area contributed by atoms with Crippen LogP contribution in [0.4, 0.5) is 0 Å². The van der Waals surface area contributed by atoms with Crippen LogP contribution in [-0.2, 0) is 15.4 Å². The van der Waals surface area contributed by atoms with Crippen LogP contribution in [-0.4, -0.2) is 20.7 Å². The predicted molar refractivity (Wildman–Crippen MR) is 108 cm³/mol. The molecule has 0 saturated heterocycles. The van der Waals surface area contributed by atoms with E-state index in [1.54, 1.807) is 7.11 Å². The number of allylic oxidation sites excluding steroid dienone is 1. The summed E-state index contributed by atoms with van der Waals surface area (Å²) in [7, 11) is -0.382. The molecule has 1 aromatic rings. The minimum absolute atomic E-state index is 0.110. The normalized spacial score (nSPS) is 18.7. The van der Waals surface area contributed by atoms with Gasteiger partial charge in [-0.15, -0.1) is 0 Å². The molecule has 1 unspecified atom stereocenters. The third-order valence-electron chi connectivity index (χ3n) is 5.77. The van der Waals surface area contributed by atoms with Crippen LogP contribution in [0.1, 0.15) is 58.4 Å². The van der Waals surface area contributed by atoms with Crippen molar-refractivity contribution < 1.29 is 19.3 Å². The van der Waals surface area contributed by atoms with Gasteiger partial charge in [-0.25, -0.2) is 5.26 Å². The summed E-state index contributed by atoms with van der Waals surface area (Å²) in [5, 5.41) is 9.94. The van der Waals surface area contributed by atoms with Crippen LogP contribution < -0.4 is 4.43 Å². The van der Waals surface area contributed by atoms with Crippen LogP contribution in [0.25, 0.3) is 0 Å². The van der Waals surface area contributed by atoms with Crippen molar-refractivity contribution in [2.75, 3.05) is 7.11 Å². The minimum Gasteiger partial charge on any atom is -0.543 e. The minimum atomic E-state index is -1.95. The van der Waals surface area contributed by atoms with Crippen molar-refractivity contribution in [3.8, 4) is 5.75 Å². The van der Waals surface area contributed by atoms with E-state index in [4.69, 9.17) is 14.1 Å². The van der Waals surface area contributed by atoms with Crippen LogP contribution >= 0.6 is 0 Å². The molecule has 5 heteroatoms. The first-order valence-corrected chi connectivity index (χ1v) is 12.4. The molecule has 0 fully saturated rings. The molecule has 0 amide bonds. The van der Waals surface area contributed by atoms with Gasteiger partial charge < -0.3 is 9.16 Å². The van der Waals surface area contributed by atoms with E-state index >= 15 is 0 Å². The van der Waals surface area contributed by atoms with Crippen LogP contribution in [0.3, 0.4) is 0 Å². The van der Waals surface area contributed by atoms with E-state index < -0.39 is 14.1 Å². The smallest absolute Gasteiger partial charge is 0.250 e. The molecule has 1 aliphatic rings. The Balaban J connectivity index is 2.40. The van der Waals surface area contributed by atoms with Gasteiger partial charge in [-0.2, -0.15) is 4.89 Å². The topological polar surface area (TPSA) is 47.9 Å². The molecule has 0 heterocycles. The molecule has 1 aromatic carbocycles. The molecule has 0 bridgehead atoms. The number of methoxy groups -OCH3 is 1. The van der Waals surface area contributed by atoms with Gasteiger partial charge >= 0.3 is 0 Å². The predicted octanol–water partition coefficient (Wildman–Crippen LogP) is 6.25. The number of benzene rings is 1. The third-order valence-corrected chi connectivity index (χ3v) is 10.1. The Labute approximate surface area is 159 Å². The summed E-state index contributed by atoms with van der Waals surface area (Å²) < 4.78 is 12.2. The highest BCUT2D eigenvalue weighted by Crippen LogP contribution is 2.41. The number of hydrogen-bond acceptors (Lipinski definition) is 4. The maximum absolute atomic E-state index is 9.83. The molecular weight excluding hydrogens is 344 g/mol. The van der Waals surface area contributed by atoms with E-state index in [9.17, 15) is 5.26 Å². The molecule has 1 atom stereocenters. The van der Waals surface area contributed by atoms with Gasteiger partial charge in [-0.3, -0.25) is 0 Å². The van der Waals surface area contributed by atoms with Crippen LogP contribution in [0.15, 0.2) is 35.9 Å². The molecular formula is C21H34O4Si. The van der Waals surface area contributed by atoms with Gasteiger partial charge in [0.05, 0.1) is 0 Å². The van der Waals surface area contributed by atoms with Gasteiger partial charge in [0.1, 0.15) is 5.75 Å². The molecule has 1 N–H and O–H groups in total. The van der Waals surface area contributed by atoms with Gasteiger partial charge in [-0.05, 0) is 61.5 Å². The lowest BCUT2D eigenvalue weighted by atomic mass is 9.93. The zero-order valence-electron chi connectivity index (χ0n) is 17.1. The lowest BCUT2D eigenvalue weighted by Gasteiger charge is -2.37. The first-order valence-electron chi connectivity index (χ1n) is 9.53. The third kappa shape index (κ3) is 4.39. The second-order valence-corrected chi connectivity index (χ2v) is 13.4. The summed E-state index contributed by atoms with van der Waals surface area (Å²) in [6.07, 6.45) is 7.38. The first-order chi connectivity index (χ1) is 12.2. The standard InChI is InChI=1S/C21H34O4Si/c1-20(2,3)26(5,6)24-19-15-11-14-18(16-19)21(23-4,25-22)17-12-9-7-8-10-13-17/h11-12,14-16,22H,7-10,13H2,1-6H3. The van der Waals surface area contributed by atoms with Crippen molar-refractivity contribution in [3.63, 3.8) is 0 Å². The van der Waals surface area contributed by atoms with Crippen molar-refractivity contribution in [3.05, 3.63) is 41.5 Å². The van der Waals surface area contributed by atoms with Crippen molar-refractivity contribution >= 4 is 8.32 Å². The molecule has 0 aliphatic heterocycles. The van der Waals surface area contributed by atoms with Crippen molar-refractivity contribution in [2.24, 2.45) is 0 Å². The zero-order chi connectivity index (χ0) is 19.4. The highest BCUT2D eigenvalue weighted by atomic mass is 28.4. The fourth-order valence-corrected chi connectivity index (χ4v) is 4.13. The molecule has 0 radical (unpaired) electrons. The number of ether oxygens (including phenoxy) is 1. The van der Waals surface area contributed by atoms with Gasteiger partial charge in [0.15, 0.2) is 0 Å². The Hall–Kier alpha value is -1.14. The van der Waals surface area contributed by atoms with Crippen molar-refractivity contribution in [2.45, 2.75) is 76.8 Å². The Morgan fingerprint density at radius 2 is 1.81 bits per heavy atom. The van der Waals surface area contributed by atoms with E-state index in [0.717, 1.165) is 42.6 Å². The summed E-state index contributed by atoms with van der Waals surface area (Å²) in [4.78, 5) is 4.99. The molecule has 2 rings (SSSR count). The fraction of sp³-hybridized carbons (Fsp3) is 0.619. The van der Waals surface area contributed by atoms with E-state index in [-0.39, 0.29) is 5.04 Å². The Kier molecular flexibility index (Phi) is 6.72. The van der Waals surface area contributed by atoms with E-state index in [1.165, 1.54) is 6.42 Å². The van der Waals surface area contributed by atoms with Gasteiger partial charge in [0.25, 0.3) is 0 Å². The Bertz CT molecular complexity index is 627. The van der Waals surface area contributed by atoms with Crippen LogP contribution in [0, 0.1) is 0 Å². The molecule has 0 saturated carbocycles. The molecule has 1 aliphatic carbocycles. The van der Waals surface area contributed by atoms with Crippen molar-refractivity contribution in [1.82, 2.24) is 0 Å². The first kappa shape index (κ1) is 21.2. The lowest BCUT2D eigenvalue weighted by molar-refractivity contribution is -0.392. The van der Waals surface area contributed by atoms with Gasteiger partial charge in [0.2, 0.25) is 14.1 Å². The van der Waals surface area contributed by atoms with Gasteiger partial charge in [0, 0.05) is 12.7 Å². The maximum Gasteiger partial charge on any atom is 0.250 e. The number of hydrogen-bond donors (Lipinski definition) is 1. The largest absolute Gasteiger partial charge is 0.543 e. The average molecular weight is 379 g/mol. The monoisotopic (exact) mass is 378 g/mol.